The van der Waals surface area contributed by atoms with Crippen LogP contribution in [0, 0.1) is 0 Å². The van der Waals surface area contributed by atoms with Gasteiger partial charge in [-0.05, 0) is 42.3 Å². The first-order valence-electron chi connectivity index (χ1n) is 5.84. The molecule has 0 fully saturated rings. The third-order valence-electron chi connectivity index (χ3n) is 2.70. The zero-order valence-electron chi connectivity index (χ0n) is 10.4. The van der Waals surface area contributed by atoms with Crippen molar-refractivity contribution in [3.63, 3.8) is 0 Å². The van der Waals surface area contributed by atoms with Gasteiger partial charge in [0.05, 0.1) is 12.1 Å². The van der Waals surface area contributed by atoms with Crippen molar-refractivity contribution in [3.05, 3.63) is 53.1 Å². The number of benzene rings is 2. The largest absolute Gasteiger partial charge is 0.496 e. The fraction of sp³-hybridized carbons (Fsp3) is 0.200. The van der Waals surface area contributed by atoms with Gasteiger partial charge in [-0.25, -0.2) is 0 Å². The van der Waals surface area contributed by atoms with Gasteiger partial charge in [0.1, 0.15) is 17.2 Å². The Kier molecular flexibility index (Phi) is 4.11. The Balaban J connectivity index is 2.27. The Hall–Kier alpha value is -1.67. The molecule has 94 valence electrons. The van der Waals surface area contributed by atoms with Crippen LogP contribution in [0.15, 0.2) is 42.5 Å². The summed E-state index contributed by atoms with van der Waals surface area (Å²) in [6.07, 6.45) is 0.892. The van der Waals surface area contributed by atoms with Crippen LogP contribution in [0.5, 0.6) is 17.2 Å². The maximum absolute atomic E-state index is 6.06. The van der Waals surface area contributed by atoms with Crippen molar-refractivity contribution in [2.45, 2.75) is 13.3 Å². The van der Waals surface area contributed by atoms with E-state index in [0.29, 0.717) is 10.8 Å². The fourth-order valence-corrected chi connectivity index (χ4v) is 1.92. The van der Waals surface area contributed by atoms with E-state index >= 15 is 0 Å². The Labute approximate surface area is 112 Å². The van der Waals surface area contributed by atoms with Crippen LogP contribution in [-0.2, 0) is 6.42 Å². The van der Waals surface area contributed by atoms with Gasteiger partial charge in [-0.1, -0.05) is 30.7 Å². The van der Waals surface area contributed by atoms with Gasteiger partial charge in [0.25, 0.3) is 0 Å². The molecule has 0 atom stereocenters. The number of ether oxygens (including phenoxy) is 2. The van der Waals surface area contributed by atoms with Crippen molar-refractivity contribution in [2.24, 2.45) is 0 Å². The van der Waals surface area contributed by atoms with E-state index in [-0.39, 0.29) is 0 Å². The molecule has 0 bridgehead atoms. The maximum atomic E-state index is 6.06. The molecule has 0 unspecified atom stereocenters. The average Bonchev–Trinajstić information content (AvgIpc) is 2.41. The molecule has 0 radical (unpaired) electrons. The van der Waals surface area contributed by atoms with Gasteiger partial charge in [0, 0.05) is 0 Å². The highest BCUT2D eigenvalue weighted by atomic mass is 35.5. The molecule has 0 aliphatic carbocycles. The maximum Gasteiger partial charge on any atom is 0.146 e. The van der Waals surface area contributed by atoms with Crippen molar-refractivity contribution < 1.29 is 9.47 Å². The lowest BCUT2D eigenvalue weighted by Crippen LogP contribution is -1.92. The summed E-state index contributed by atoms with van der Waals surface area (Å²) < 4.78 is 11.0. The van der Waals surface area contributed by atoms with Gasteiger partial charge >= 0.3 is 0 Å². The standard InChI is InChI=1S/C15H15ClO2/c1-3-11-10-12(8-9-14(11)17-2)18-15-7-5-4-6-13(15)16/h4-10H,3H2,1-2H3. The summed E-state index contributed by atoms with van der Waals surface area (Å²) in [5, 5.41) is 0.603. The Bertz CT molecular complexity index is 538. The van der Waals surface area contributed by atoms with Crippen LogP contribution < -0.4 is 9.47 Å². The van der Waals surface area contributed by atoms with Crippen LogP contribution in [0.4, 0.5) is 0 Å². The molecule has 2 aromatic carbocycles. The number of hydrogen-bond donors (Lipinski definition) is 0. The van der Waals surface area contributed by atoms with E-state index in [1.165, 1.54) is 0 Å². The van der Waals surface area contributed by atoms with Crippen molar-refractivity contribution in [1.82, 2.24) is 0 Å². The summed E-state index contributed by atoms with van der Waals surface area (Å²) in [6.45, 7) is 2.08. The minimum absolute atomic E-state index is 0.603. The van der Waals surface area contributed by atoms with Crippen LogP contribution >= 0.6 is 11.6 Å². The van der Waals surface area contributed by atoms with Gasteiger partial charge in [0.2, 0.25) is 0 Å². The predicted molar refractivity (Wildman–Crippen MR) is 73.9 cm³/mol. The summed E-state index contributed by atoms with van der Waals surface area (Å²) in [4.78, 5) is 0. The van der Waals surface area contributed by atoms with Gasteiger partial charge in [0.15, 0.2) is 0 Å². The number of rotatable bonds is 4. The Morgan fingerprint density at radius 3 is 2.50 bits per heavy atom. The zero-order valence-corrected chi connectivity index (χ0v) is 11.2. The molecule has 0 saturated heterocycles. The molecule has 0 aromatic heterocycles. The van der Waals surface area contributed by atoms with Crippen molar-refractivity contribution in [1.29, 1.82) is 0 Å². The van der Waals surface area contributed by atoms with E-state index in [2.05, 4.69) is 6.92 Å². The lowest BCUT2D eigenvalue weighted by atomic mass is 10.1. The van der Waals surface area contributed by atoms with Crippen molar-refractivity contribution in [3.8, 4) is 17.2 Å². The van der Waals surface area contributed by atoms with Crippen LogP contribution in [0.3, 0.4) is 0 Å². The highest BCUT2D eigenvalue weighted by molar-refractivity contribution is 6.32. The lowest BCUT2D eigenvalue weighted by Gasteiger charge is -2.11. The van der Waals surface area contributed by atoms with E-state index in [0.717, 1.165) is 23.5 Å². The predicted octanol–water partition coefficient (Wildman–Crippen LogP) is 4.70. The second kappa shape index (κ2) is 5.78. The Morgan fingerprint density at radius 1 is 1.06 bits per heavy atom. The second-order valence-electron chi connectivity index (χ2n) is 3.86. The minimum atomic E-state index is 0.603. The third-order valence-corrected chi connectivity index (χ3v) is 3.01. The molecular formula is C15H15ClO2. The van der Waals surface area contributed by atoms with Gasteiger partial charge < -0.3 is 9.47 Å². The highest BCUT2D eigenvalue weighted by Gasteiger charge is 2.06. The average molecular weight is 263 g/mol. The molecule has 0 saturated carbocycles. The van der Waals surface area contributed by atoms with Crippen LogP contribution in [0.25, 0.3) is 0 Å². The summed E-state index contributed by atoms with van der Waals surface area (Å²) in [7, 11) is 1.67. The van der Waals surface area contributed by atoms with E-state index in [4.69, 9.17) is 21.1 Å². The summed E-state index contributed by atoms with van der Waals surface area (Å²) in [5.41, 5.74) is 1.11. The zero-order chi connectivity index (χ0) is 13.0. The smallest absolute Gasteiger partial charge is 0.146 e. The highest BCUT2D eigenvalue weighted by Crippen LogP contribution is 2.31. The van der Waals surface area contributed by atoms with Crippen molar-refractivity contribution >= 4 is 11.6 Å². The molecule has 0 amide bonds. The molecule has 3 heteroatoms. The first-order chi connectivity index (χ1) is 8.74. The molecular weight excluding hydrogens is 248 g/mol. The first kappa shape index (κ1) is 12.8. The summed E-state index contributed by atoms with van der Waals surface area (Å²) >= 11 is 6.06. The van der Waals surface area contributed by atoms with E-state index in [1.807, 2.05) is 36.4 Å². The first-order valence-corrected chi connectivity index (χ1v) is 6.21. The SMILES string of the molecule is CCc1cc(Oc2ccccc2Cl)ccc1OC. The number of hydrogen-bond acceptors (Lipinski definition) is 2. The molecule has 18 heavy (non-hydrogen) atoms. The normalized spacial score (nSPS) is 10.2. The number of para-hydroxylation sites is 1. The molecule has 0 aliphatic rings. The summed E-state index contributed by atoms with van der Waals surface area (Å²) in [6, 6.07) is 13.2. The fourth-order valence-electron chi connectivity index (χ4n) is 1.75. The van der Waals surface area contributed by atoms with Gasteiger partial charge in [-0.2, -0.15) is 0 Å². The summed E-state index contributed by atoms with van der Waals surface area (Å²) in [5.74, 6) is 2.30. The molecule has 0 aliphatic heterocycles. The Morgan fingerprint density at radius 2 is 1.83 bits per heavy atom. The minimum Gasteiger partial charge on any atom is -0.496 e. The molecule has 0 N–H and O–H groups in total. The quantitative estimate of drug-likeness (QED) is 0.795. The number of methoxy groups -OCH3 is 1. The van der Waals surface area contributed by atoms with Crippen LogP contribution in [0.2, 0.25) is 5.02 Å². The molecule has 0 spiro atoms. The van der Waals surface area contributed by atoms with Crippen molar-refractivity contribution in [2.75, 3.05) is 7.11 Å². The molecule has 2 rings (SSSR count). The molecule has 2 aromatic rings. The van der Waals surface area contributed by atoms with Gasteiger partial charge in [-0.15, -0.1) is 0 Å². The van der Waals surface area contributed by atoms with E-state index < -0.39 is 0 Å². The monoisotopic (exact) mass is 262 g/mol. The van der Waals surface area contributed by atoms with Crippen LogP contribution in [-0.4, -0.2) is 7.11 Å². The van der Waals surface area contributed by atoms with Gasteiger partial charge in [-0.3, -0.25) is 0 Å². The number of halogens is 1. The second-order valence-corrected chi connectivity index (χ2v) is 4.27. The topological polar surface area (TPSA) is 18.5 Å². The van der Waals surface area contributed by atoms with Crippen LogP contribution in [0.1, 0.15) is 12.5 Å². The number of aryl methyl sites for hydroxylation is 1. The third kappa shape index (κ3) is 2.77. The molecule has 2 nitrogen and oxygen atoms in total. The van der Waals surface area contributed by atoms with E-state index in [9.17, 15) is 0 Å². The lowest BCUT2D eigenvalue weighted by molar-refractivity contribution is 0.408. The molecule has 0 heterocycles. The van der Waals surface area contributed by atoms with E-state index in [1.54, 1.807) is 13.2 Å².